The number of rotatable bonds is 5. The highest BCUT2D eigenvalue weighted by atomic mass is 32.2. The molecular weight excluding hydrogens is 242 g/mol. The Labute approximate surface area is 101 Å². The van der Waals surface area contributed by atoms with Gasteiger partial charge in [0.25, 0.3) is 0 Å². The van der Waals surface area contributed by atoms with Crippen molar-refractivity contribution in [2.24, 2.45) is 12.8 Å². The van der Waals surface area contributed by atoms with Gasteiger partial charge in [-0.1, -0.05) is 0 Å². The largest absolute Gasteiger partial charge is 0.387 e. The minimum absolute atomic E-state index is 0.106. The summed E-state index contributed by atoms with van der Waals surface area (Å²) >= 11 is 0. The second kappa shape index (κ2) is 4.84. The molecule has 3 N–H and O–H groups in total. The maximum Gasteiger partial charge on any atom is 0.246 e. The van der Waals surface area contributed by atoms with Crippen LogP contribution in [0.2, 0.25) is 0 Å². The maximum atomic E-state index is 12.2. The molecule has 0 fully saturated rings. The number of aromatic nitrogens is 2. The second-order valence-corrected chi connectivity index (χ2v) is 5.91. The molecule has 0 aliphatic carbocycles. The van der Waals surface area contributed by atoms with E-state index in [4.69, 9.17) is 11.1 Å². The summed E-state index contributed by atoms with van der Waals surface area (Å²) in [5.41, 5.74) is 5.27. The average molecular weight is 259 g/mol. The van der Waals surface area contributed by atoms with E-state index < -0.39 is 10.0 Å². The molecule has 96 valence electrons. The lowest BCUT2D eigenvalue weighted by atomic mass is 10.4. The molecule has 17 heavy (non-hydrogen) atoms. The first-order valence-corrected chi connectivity index (χ1v) is 6.52. The van der Waals surface area contributed by atoms with Crippen molar-refractivity contribution < 1.29 is 8.42 Å². The molecule has 0 aromatic carbocycles. The number of aryl methyl sites for hydroxylation is 1. The maximum absolute atomic E-state index is 12.2. The van der Waals surface area contributed by atoms with Gasteiger partial charge in [-0.25, -0.2) is 8.42 Å². The van der Waals surface area contributed by atoms with E-state index in [1.54, 1.807) is 20.9 Å². The number of nitrogens with one attached hydrogen (secondary N) is 1. The zero-order valence-corrected chi connectivity index (χ0v) is 10.9. The fourth-order valence-electron chi connectivity index (χ4n) is 1.38. The molecule has 0 unspecified atom stereocenters. The number of nitrogens with zero attached hydrogens (tertiary/aromatic N) is 3. The van der Waals surface area contributed by atoms with Gasteiger partial charge in [-0.3, -0.25) is 10.1 Å². The molecule has 1 rings (SSSR count). The van der Waals surface area contributed by atoms with Crippen LogP contribution in [-0.2, 0) is 17.1 Å². The van der Waals surface area contributed by atoms with Gasteiger partial charge in [-0.05, 0) is 13.8 Å². The molecule has 0 aliphatic rings. The first kappa shape index (κ1) is 13.7. The smallest absolute Gasteiger partial charge is 0.246 e. The van der Waals surface area contributed by atoms with Crippen molar-refractivity contribution >= 4 is 15.9 Å². The topological polar surface area (TPSA) is 105 Å². The van der Waals surface area contributed by atoms with Crippen molar-refractivity contribution in [2.75, 3.05) is 6.54 Å². The van der Waals surface area contributed by atoms with Crippen molar-refractivity contribution in [1.82, 2.24) is 14.1 Å². The molecule has 0 radical (unpaired) electrons. The summed E-state index contributed by atoms with van der Waals surface area (Å²) in [6.07, 6.45) is 2.70. The zero-order valence-electron chi connectivity index (χ0n) is 10.1. The lowest BCUT2D eigenvalue weighted by molar-refractivity contribution is 0.389. The van der Waals surface area contributed by atoms with E-state index in [2.05, 4.69) is 5.10 Å². The SMILES string of the molecule is CC(C)N(CC(=N)N)S(=O)(=O)c1cnn(C)c1. The molecule has 0 aliphatic heterocycles. The lowest BCUT2D eigenvalue weighted by Gasteiger charge is -2.24. The summed E-state index contributed by atoms with van der Waals surface area (Å²) < 4.78 is 27.1. The fraction of sp³-hybridized carbons (Fsp3) is 0.556. The standard InChI is InChI=1S/C9H17N5O2S/c1-7(2)14(6-9(10)11)17(15,16)8-4-12-13(3)5-8/h4-5,7H,6H2,1-3H3,(H3,10,11). The minimum atomic E-state index is -3.65. The molecule has 0 saturated heterocycles. The minimum Gasteiger partial charge on any atom is -0.387 e. The summed E-state index contributed by atoms with van der Waals surface area (Å²) in [6, 6.07) is -0.274. The molecule has 8 heteroatoms. The van der Waals surface area contributed by atoms with E-state index in [0.717, 1.165) is 0 Å². The van der Waals surface area contributed by atoms with Gasteiger partial charge in [-0.15, -0.1) is 0 Å². The third kappa shape index (κ3) is 3.04. The van der Waals surface area contributed by atoms with E-state index in [-0.39, 0.29) is 23.3 Å². The van der Waals surface area contributed by atoms with Crippen molar-refractivity contribution in [2.45, 2.75) is 24.8 Å². The van der Waals surface area contributed by atoms with Gasteiger partial charge < -0.3 is 5.73 Å². The number of amidine groups is 1. The highest BCUT2D eigenvalue weighted by Gasteiger charge is 2.28. The number of sulfonamides is 1. The van der Waals surface area contributed by atoms with Crippen molar-refractivity contribution in [3.8, 4) is 0 Å². The molecule has 0 atom stereocenters. The second-order valence-electron chi connectivity index (χ2n) is 4.02. The van der Waals surface area contributed by atoms with Crippen LogP contribution >= 0.6 is 0 Å². The van der Waals surface area contributed by atoms with Crippen LogP contribution in [0, 0.1) is 5.41 Å². The average Bonchev–Trinajstić information content (AvgIpc) is 2.61. The van der Waals surface area contributed by atoms with Crippen LogP contribution in [0.1, 0.15) is 13.8 Å². The van der Waals surface area contributed by atoms with Gasteiger partial charge in [0.15, 0.2) is 0 Å². The predicted octanol–water partition coefficient (Wildman–Crippen LogP) is -0.245. The van der Waals surface area contributed by atoms with Crippen LogP contribution in [0.3, 0.4) is 0 Å². The monoisotopic (exact) mass is 259 g/mol. The van der Waals surface area contributed by atoms with Gasteiger partial charge in [0, 0.05) is 19.3 Å². The summed E-state index contributed by atoms with van der Waals surface area (Å²) in [5.74, 6) is -0.189. The Morgan fingerprint density at radius 1 is 1.65 bits per heavy atom. The zero-order chi connectivity index (χ0) is 13.2. The first-order valence-electron chi connectivity index (χ1n) is 5.08. The third-order valence-corrected chi connectivity index (χ3v) is 4.16. The Hall–Kier alpha value is -1.41. The van der Waals surface area contributed by atoms with Crippen LogP contribution in [0.15, 0.2) is 17.3 Å². The van der Waals surface area contributed by atoms with E-state index in [0.29, 0.717) is 0 Å². The van der Waals surface area contributed by atoms with Crippen LogP contribution in [0.5, 0.6) is 0 Å². The van der Waals surface area contributed by atoms with Gasteiger partial charge in [0.2, 0.25) is 10.0 Å². The quantitative estimate of drug-likeness (QED) is 0.562. The molecule has 0 spiro atoms. The summed E-state index contributed by atoms with van der Waals surface area (Å²) in [7, 11) is -2.00. The van der Waals surface area contributed by atoms with Crippen LogP contribution in [0.25, 0.3) is 0 Å². The summed E-state index contributed by atoms with van der Waals surface area (Å²) in [6.45, 7) is 3.35. The first-order chi connectivity index (χ1) is 7.75. The van der Waals surface area contributed by atoms with Crippen LogP contribution in [0.4, 0.5) is 0 Å². The molecule has 1 heterocycles. The molecule has 0 amide bonds. The molecule has 7 nitrogen and oxygen atoms in total. The Kier molecular flexibility index (Phi) is 3.89. The Morgan fingerprint density at radius 2 is 2.24 bits per heavy atom. The number of hydrogen-bond donors (Lipinski definition) is 2. The Morgan fingerprint density at radius 3 is 2.59 bits per heavy atom. The predicted molar refractivity (Wildman–Crippen MR) is 64.1 cm³/mol. The normalized spacial score (nSPS) is 12.3. The summed E-state index contributed by atoms with van der Waals surface area (Å²) in [5, 5.41) is 11.0. The third-order valence-electron chi connectivity index (χ3n) is 2.19. The fourth-order valence-corrected chi connectivity index (χ4v) is 2.98. The van der Waals surface area contributed by atoms with Gasteiger partial charge >= 0.3 is 0 Å². The molecule has 1 aromatic rings. The van der Waals surface area contributed by atoms with Gasteiger partial charge in [0.1, 0.15) is 10.7 Å². The van der Waals surface area contributed by atoms with Crippen molar-refractivity contribution in [1.29, 1.82) is 5.41 Å². The highest BCUT2D eigenvalue weighted by molar-refractivity contribution is 7.89. The molecular formula is C9H17N5O2S. The lowest BCUT2D eigenvalue weighted by Crippen LogP contribution is -2.42. The Bertz CT molecular complexity index is 505. The van der Waals surface area contributed by atoms with Crippen molar-refractivity contribution in [3.05, 3.63) is 12.4 Å². The summed E-state index contributed by atoms with van der Waals surface area (Å²) in [4.78, 5) is 0.106. The van der Waals surface area contributed by atoms with E-state index in [9.17, 15) is 8.42 Å². The molecule has 0 saturated carbocycles. The Balaban J connectivity index is 3.13. The molecule has 0 bridgehead atoms. The van der Waals surface area contributed by atoms with Crippen molar-refractivity contribution in [3.63, 3.8) is 0 Å². The van der Waals surface area contributed by atoms with E-state index >= 15 is 0 Å². The van der Waals surface area contributed by atoms with Crippen LogP contribution < -0.4 is 5.73 Å². The van der Waals surface area contributed by atoms with Gasteiger partial charge in [0.05, 0.1) is 12.7 Å². The number of nitrogens with two attached hydrogens (primary N) is 1. The number of hydrogen-bond acceptors (Lipinski definition) is 4. The van der Waals surface area contributed by atoms with E-state index in [1.807, 2.05) is 0 Å². The van der Waals surface area contributed by atoms with Crippen LogP contribution in [-0.4, -0.2) is 40.9 Å². The highest BCUT2D eigenvalue weighted by Crippen LogP contribution is 2.16. The van der Waals surface area contributed by atoms with E-state index in [1.165, 1.54) is 21.4 Å². The van der Waals surface area contributed by atoms with Gasteiger partial charge in [-0.2, -0.15) is 9.40 Å². The molecule has 1 aromatic heterocycles.